The van der Waals surface area contributed by atoms with Gasteiger partial charge in [-0.2, -0.15) is 0 Å². The van der Waals surface area contributed by atoms with Crippen LogP contribution in [0, 0.1) is 0 Å². The lowest BCUT2D eigenvalue weighted by Gasteiger charge is -2.15. The molecule has 98 valence electrons. The number of thiocarbonyl (C=S) groups is 1. The number of nitrogens with zero attached hydrogens (tertiary/aromatic N) is 1. The maximum absolute atomic E-state index is 5.83. The number of para-hydroxylation sites is 1. The summed E-state index contributed by atoms with van der Waals surface area (Å²) in [5, 5.41) is 4.52. The Kier molecular flexibility index (Phi) is 3.34. The first-order valence-corrected chi connectivity index (χ1v) is 7.11. The van der Waals surface area contributed by atoms with Crippen molar-refractivity contribution in [2.24, 2.45) is 5.73 Å². The molecule has 0 saturated heterocycles. The molecule has 3 N–H and O–H groups in total. The molecule has 0 radical (unpaired) electrons. The highest BCUT2D eigenvalue weighted by Gasteiger charge is 2.16. The molecule has 1 heterocycles. The minimum absolute atomic E-state index is 0.424. The molecule has 1 aromatic carbocycles. The van der Waals surface area contributed by atoms with Crippen LogP contribution in [0.3, 0.4) is 0 Å². The highest BCUT2D eigenvalue weighted by Crippen LogP contribution is 2.25. The zero-order chi connectivity index (χ0) is 13.2. The maximum Gasteiger partial charge on any atom is 0.127 e. The molecule has 3 rings (SSSR count). The van der Waals surface area contributed by atoms with Gasteiger partial charge in [0, 0.05) is 17.0 Å². The van der Waals surface area contributed by atoms with Crippen LogP contribution < -0.4 is 11.1 Å². The number of rotatable bonds is 3. The predicted octanol–water partition coefficient (Wildman–Crippen LogP) is 3.22. The Morgan fingerprint density at radius 1 is 1.26 bits per heavy atom. The number of anilines is 1. The standard InChI is InChI=1S/C15H17N3S/c16-15(19)12-9-14(17-10-5-1-2-6-10)18-13-8-4-3-7-11(12)13/h3-4,7-10H,1-2,5-6H2,(H2,16,19)(H,17,18). The largest absolute Gasteiger partial charge is 0.389 e. The quantitative estimate of drug-likeness (QED) is 0.842. The first-order valence-electron chi connectivity index (χ1n) is 6.70. The molecule has 1 aliphatic carbocycles. The summed E-state index contributed by atoms with van der Waals surface area (Å²) >= 11 is 5.15. The van der Waals surface area contributed by atoms with Crippen molar-refractivity contribution in [2.75, 3.05) is 5.32 Å². The van der Waals surface area contributed by atoms with Crippen LogP contribution in [0.1, 0.15) is 31.2 Å². The van der Waals surface area contributed by atoms with Crippen LogP contribution in [0.5, 0.6) is 0 Å². The Morgan fingerprint density at radius 3 is 2.74 bits per heavy atom. The fraction of sp³-hybridized carbons (Fsp3) is 0.333. The third kappa shape index (κ3) is 2.54. The van der Waals surface area contributed by atoms with Gasteiger partial charge in [0.25, 0.3) is 0 Å². The molecule has 0 atom stereocenters. The van der Waals surface area contributed by atoms with Gasteiger partial charge >= 0.3 is 0 Å². The van der Waals surface area contributed by atoms with Gasteiger partial charge in [-0.05, 0) is 25.0 Å². The lowest BCUT2D eigenvalue weighted by molar-refractivity contribution is 0.751. The average Bonchev–Trinajstić information content (AvgIpc) is 2.90. The second-order valence-corrected chi connectivity index (χ2v) is 5.50. The summed E-state index contributed by atoms with van der Waals surface area (Å²) in [4.78, 5) is 5.08. The molecule has 1 saturated carbocycles. The summed E-state index contributed by atoms with van der Waals surface area (Å²) in [6.07, 6.45) is 5.04. The predicted molar refractivity (Wildman–Crippen MR) is 83.5 cm³/mol. The molecule has 0 aliphatic heterocycles. The third-order valence-corrected chi connectivity index (χ3v) is 3.91. The Hall–Kier alpha value is -1.68. The Morgan fingerprint density at radius 2 is 2.00 bits per heavy atom. The zero-order valence-electron chi connectivity index (χ0n) is 10.7. The lowest BCUT2D eigenvalue weighted by Crippen LogP contribution is -2.17. The smallest absolute Gasteiger partial charge is 0.127 e. The summed E-state index contributed by atoms with van der Waals surface area (Å²) in [7, 11) is 0. The Balaban J connectivity index is 2.02. The Labute approximate surface area is 118 Å². The monoisotopic (exact) mass is 271 g/mol. The fourth-order valence-electron chi connectivity index (χ4n) is 2.73. The number of aromatic nitrogens is 1. The van der Waals surface area contributed by atoms with E-state index in [2.05, 4.69) is 10.3 Å². The molecule has 0 bridgehead atoms. The van der Waals surface area contributed by atoms with Crippen LogP contribution in [0.2, 0.25) is 0 Å². The normalized spacial score (nSPS) is 15.8. The molecule has 0 amide bonds. The molecule has 4 heteroatoms. The molecule has 19 heavy (non-hydrogen) atoms. The van der Waals surface area contributed by atoms with Gasteiger partial charge in [0.1, 0.15) is 10.8 Å². The second kappa shape index (κ2) is 5.13. The van der Waals surface area contributed by atoms with Gasteiger partial charge in [-0.1, -0.05) is 43.3 Å². The van der Waals surface area contributed by atoms with E-state index in [1.54, 1.807) is 0 Å². The first kappa shape index (κ1) is 12.4. The van der Waals surface area contributed by atoms with Crippen LogP contribution in [-0.2, 0) is 0 Å². The van der Waals surface area contributed by atoms with Crippen molar-refractivity contribution in [1.29, 1.82) is 0 Å². The second-order valence-electron chi connectivity index (χ2n) is 5.06. The number of hydrogen-bond acceptors (Lipinski definition) is 3. The molecular weight excluding hydrogens is 254 g/mol. The SMILES string of the molecule is NC(=S)c1cc(NC2CCCC2)nc2ccccc12. The van der Waals surface area contributed by atoms with Crippen molar-refractivity contribution in [2.45, 2.75) is 31.7 Å². The molecule has 1 aliphatic rings. The molecule has 1 fully saturated rings. The van der Waals surface area contributed by atoms with Crippen molar-refractivity contribution in [3.05, 3.63) is 35.9 Å². The van der Waals surface area contributed by atoms with E-state index < -0.39 is 0 Å². The number of pyridine rings is 1. The van der Waals surface area contributed by atoms with Crippen molar-refractivity contribution in [3.63, 3.8) is 0 Å². The summed E-state index contributed by atoms with van der Waals surface area (Å²) in [5.41, 5.74) is 7.67. The average molecular weight is 271 g/mol. The van der Waals surface area contributed by atoms with Crippen LogP contribution in [0.15, 0.2) is 30.3 Å². The van der Waals surface area contributed by atoms with E-state index in [0.29, 0.717) is 11.0 Å². The zero-order valence-corrected chi connectivity index (χ0v) is 11.5. The van der Waals surface area contributed by atoms with E-state index in [-0.39, 0.29) is 0 Å². The number of hydrogen-bond donors (Lipinski definition) is 2. The van der Waals surface area contributed by atoms with Crippen molar-refractivity contribution in [3.8, 4) is 0 Å². The molecule has 2 aromatic rings. The summed E-state index contributed by atoms with van der Waals surface area (Å²) in [5.74, 6) is 0.883. The number of nitrogens with one attached hydrogen (secondary N) is 1. The van der Waals surface area contributed by atoms with Crippen molar-refractivity contribution >= 4 is 33.9 Å². The maximum atomic E-state index is 5.83. The van der Waals surface area contributed by atoms with E-state index in [9.17, 15) is 0 Å². The van der Waals surface area contributed by atoms with Gasteiger partial charge in [0.05, 0.1) is 5.52 Å². The van der Waals surface area contributed by atoms with E-state index in [4.69, 9.17) is 18.0 Å². The molecule has 0 unspecified atom stereocenters. The molecule has 1 aromatic heterocycles. The summed E-state index contributed by atoms with van der Waals surface area (Å²) in [6, 6.07) is 10.5. The van der Waals surface area contributed by atoms with Crippen molar-refractivity contribution < 1.29 is 0 Å². The van der Waals surface area contributed by atoms with Gasteiger partial charge in [-0.3, -0.25) is 0 Å². The lowest BCUT2D eigenvalue weighted by atomic mass is 10.1. The fourth-order valence-corrected chi connectivity index (χ4v) is 2.90. The van der Waals surface area contributed by atoms with Gasteiger partial charge in [0.15, 0.2) is 0 Å². The van der Waals surface area contributed by atoms with Gasteiger partial charge < -0.3 is 11.1 Å². The Bertz CT molecular complexity index is 618. The van der Waals surface area contributed by atoms with Crippen LogP contribution in [-0.4, -0.2) is 16.0 Å². The van der Waals surface area contributed by atoms with Crippen LogP contribution in [0.4, 0.5) is 5.82 Å². The highest BCUT2D eigenvalue weighted by molar-refractivity contribution is 7.80. The van der Waals surface area contributed by atoms with E-state index >= 15 is 0 Å². The first-order chi connectivity index (χ1) is 9.24. The molecular formula is C15H17N3S. The molecule has 3 nitrogen and oxygen atoms in total. The summed E-state index contributed by atoms with van der Waals surface area (Å²) in [6.45, 7) is 0. The highest BCUT2D eigenvalue weighted by atomic mass is 32.1. The topological polar surface area (TPSA) is 50.9 Å². The van der Waals surface area contributed by atoms with Crippen LogP contribution >= 0.6 is 12.2 Å². The van der Waals surface area contributed by atoms with Crippen molar-refractivity contribution in [1.82, 2.24) is 4.98 Å². The summed E-state index contributed by atoms with van der Waals surface area (Å²) < 4.78 is 0. The number of fused-ring (bicyclic) bond motifs is 1. The van der Waals surface area contributed by atoms with Gasteiger partial charge in [-0.25, -0.2) is 4.98 Å². The van der Waals surface area contributed by atoms with E-state index in [0.717, 1.165) is 22.3 Å². The van der Waals surface area contributed by atoms with Gasteiger partial charge in [-0.15, -0.1) is 0 Å². The minimum Gasteiger partial charge on any atom is -0.389 e. The van der Waals surface area contributed by atoms with Crippen LogP contribution in [0.25, 0.3) is 10.9 Å². The van der Waals surface area contributed by atoms with E-state index in [1.807, 2.05) is 30.3 Å². The minimum atomic E-state index is 0.424. The number of nitrogens with two attached hydrogens (primary N) is 1. The van der Waals surface area contributed by atoms with E-state index in [1.165, 1.54) is 25.7 Å². The number of benzene rings is 1. The molecule has 0 spiro atoms. The third-order valence-electron chi connectivity index (χ3n) is 3.69. The van der Waals surface area contributed by atoms with Gasteiger partial charge in [0.2, 0.25) is 0 Å².